The first-order valence-corrected chi connectivity index (χ1v) is 7.41. The number of benzene rings is 1. The summed E-state index contributed by atoms with van der Waals surface area (Å²) < 4.78 is 0.653. The van der Waals surface area contributed by atoms with E-state index in [1.165, 1.54) is 6.07 Å². The van der Waals surface area contributed by atoms with Crippen molar-refractivity contribution in [3.63, 3.8) is 0 Å². The van der Waals surface area contributed by atoms with Crippen LogP contribution in [0.15, 0.2) is 22.7 Å². The molecule has 0 aromatic heterocycles. The largest absolute Gasteiger partial charge is 0.478 e. The summed E-state index contributed by atoms with van der Waals surface area (Å²) in [5.41, 5.74) is 0.340. The van der Waals surface area contributed by atoms with Crippen LogP contribution in [0.4, 0.5) is 10.5 Å². The van der Waals surface area contributed by atoms with Gasteiger partial charge in [-0.2, -0.15) is 0 Å². The molecule has 0 saturated heterocycles. The van der Waals surface area contributed by atoms with Crippen molar-refractivity contribution in [1.29, 1.82) is 0 Å². The molecule has 0 heterocycles. The molecule has 1 rings (SSSR count). The monoisotopic (exact) mass is 342 g/mol. The van der Waals surface area contributed by atoms with Crippen LogP contribution < -0.4 is 10.6 Å². The third-order valence-corrected chi connectivity index (χ3v) is 3.27. The first kappa shape index (κ1) is 16.5. The average Bonchev–Trinajstić information content (AvgIpc) is 2.40. The van der Waals surface area contributed by atoms with Gasteiger partial charge < -0.3 is 15.7 Å². The average molecular weight is 343 g/mol. The highest BCUT2D eigenvalue weighted by Crippen LogP contribution is 2.21. The summed E-state index contributed by atoms with van der Waals surface area (Å²) in [6.07, 6.45) is 4.30. The number of urea groups is 1. The molecule has 0 aliphatic heterocycles. The van der Waals surface area contributed by atoms with Gasteiger partial charge in [0.1, 0.15) is 0 Å². The van der Waals surface area contributed by atoms with Crippen molar-refractivity contribution in [1.82, 2.24) is 5.32 Å². The van der Waals surface area contributed by atoms with E-state index in [9.17, 15) is 9.59 Å². The topological polar surface area (TPSA) is 78.4 Å². The van der Waals surface area contributed by atoms with Gasteiger partial charge in [0, 0.05) is 11.0 Å². The lowest BCUT2D eigenvalue weighted by Crippen LogP contribution is -2.30. The fourth-order valence-electron chi connectivity index (χ4n) is 1.72. The fraction of sp³-hybridized carbons (Fsp3) is 0.429. The molecule has 1 aromatic carbocycles. The standard InChI is InChI=1S/C14H19BrN2O3/c1-2-3-4-5-8-16-14(20)17-12-7-6-10(15)9-11(12)13(18)19/h6-7,9H,2-5,8H2,1H3,(H,18,19)(H2,16,17,20). The van der Waals surface area contributed by atoms with Crippen molar-refractivity contribution in [2.75, 3.05) is 11.9 Å². The van der Waals surface area contributed by atoms with Crippen LogP contribution in [0.2, 0.25) is 0 Å². The second-order valence-electron chi connectivity index (χ2n) is 4.44. The van der Waals surface area contributed by atoms with E-state index in [0.29, 0.717) is 11.0 Å². The lowest BCUT2D eigenvalue weighted by molar-refractivity contribution is 0.0698. The predicted molar refractivity (Wildman–Crippen MR) is 82.3 cm³/mol. The van der Waals surface area contributed by atoms with Gasteiger partial charge in [0.2, 0.25) is 0 Å². The molecule has 0 unspecified atom stereocenters. The zero-order valence-electron chi connectivity index (χ0n) is 11.4. The highest BCUT2D eigenvalue weighted by molar-refractivity contribution is 9.10. The predicted octanol–water partition coefficient (Wildman–Crippen LogP) is 3.85. The van der Waals surface area contributed by atoms with Crippen LogP contribution in [0.1, 0.15) is 43.0 Å². The number of carbonyl (C=O) groups excluding carboxylic acids is 1. The first-order valence-electron chi connectivity index (χ1n) is 6.62. The van der Waals surface area contributed by atoms with Gasteiger partial charge in [0.05, 0.1) is 11.3 Å². The normalized spacial score (nSPS) is 10.1. The Kier molecular flexibility index (Phi) is 7.08. The number of amides is 2. The molecule has 0 aliphatic rings. The maximum absolute atomic E-state index is 11.7. The summed E-state index contributed by atoms with van der Waals surface area (Å²) >= 11 is 3.21. The lowest BCUT2D eigenvalue weighted by Gasteiger charge is -2.10. The summed E-state index contributed by atoms with van der Waals surface area (Å²) in [5.74, 6) is -1.08. The molecular weight excluding hydrogens is 324 g/mol. The summed E-state index contributed by atoms with van der Waals surface area (Å²) in [4.78, 5) is 22.8. The van der Waals surface area contributed by atoms with E-state index >= 15 is 0 Å². The summed E-state index contributed by atoms with van der Waals surface area (Å²) in [6.45, 7) is 2.71. The number of carbonyl (C=O) groups is 2. The Morgan fingerprint density at radius 1 is 1.25 bits per heavy atom. The second-order valence-corrected chi connectivity index (χ2v) is 5.35. The summed E-state index contributed by atoms with van der Waals surface area (Å²) in [5, 5.41) is 14.4. The molecule has 0 fully saturated rings. The van der Waals surface area contributed by atoms with E-state index in [1.54, 1.807) is 12.1 Å². The van der Waals surface area contributed by atoms with Crippen LogP contribution in [-0.2, 0) is 0 Å². The van der Waals surface area contributed by atoms with Crippen LogP contribution in [0.25, 0.3) is 0 Å². The van der Waals surface area contributed by atoms with Crippen molar-refractivity contribution < 1.29 is 14.7 Å². The van der Waals surface area contributed by atoms with Gasteiger partial charge in [0.15, 0.2) is 0 Å². The number of nitrogens with one attached hydrogen (secondary N) is 2. The molecule has 5 nitrogen and oxygen atoms in total. The van der Waals surface area contributed by atoms with Gasteiger partial charge in [-0.1, -0.05) is 42.1 Å². The number of unbranched alkanes of at least 4 members (excludes halogenated alkanes) is 3. The molecule has 0 atom stereocenters. The van der Waals surface area contributed by atoms with Gasteiger partial charge in [-0.25, -0.2) is 9.59 Å². The molecule has 3 N–H and O–H groups in total. The molecule has 2 amide bonds. The van der Waals surface area contributed by atoms with Gasteiger partial charge in [0.25, 0.3) is 0 Å². The van der Waals surface area contributed by atoms with Crippen molar-refractivity contribution in [3.05, 3.63) is 28.2 Å². The number of halogens is 1. The van der Waals surface area contributed by atoms with E-state index in [-0.39, 0.29) is 17.3 Å². The van der Waals surface area contributed by atoms with E-state index in [1.807, 2.05) is 0 Å². The fourth-order valence-corrected chi connectivity index (χ4v) is 2.08. The zero-order valence-corrected chi connectivity index (χ0v) is 13.0. The number of rotatable bonds is 7. The molecule has 6 heteroatoms. The van der Waals surface area contributed by atoms with Crippen LogP contribution in [0, 0.1) is 0 Å². The molecule has 0 radical (unpaired) electrons. The van der Waals surface area contributed by atoms with Crippen LogP contribution in [0.3, 0.4) is 0 Å². The maximum Gasteiger partial charge on any atom is 0.337 e. The molecule has 110 valence electrons. The third kappa shape index (κ3) is 5.61. The zero-order chi connectivity index (χ0) is 15.0. The molecule has 0 bridgehead atoms. The third-order valence-electron chi connectivity index (χ3n) is 2.78. The Labute approximate surface area is 126 Å². The van der Waals surface area contributed by atoms with E-state index in [4.69, 9.17) is 5.11 Å². The number of anilines is 1. The minimum absolute atomic E-state index is 0.0560. The Hall–Kier alpha value is -1.56. The van der Waals surface area contributed by atoms with Crippen molar-refractivity contribution in [2.24, 2.45) is 0 Å². The van der Waals surface area contributed by atoms with Crippen LogP contribution in [-0.4, -0.2) is 23.7 Å². The maximum atomic E-state index is 11.7. The lowest BCUT2D eigenvalue weighted by atomic mass is 10.2. The first-order chi connectivity index (χ1) is 9.54. The van der Waals surface area contributed by atoms with Gasteiger partial charge in [-0.15, -0.1) is 0 Å². The van der Waals surface area contributed by atoms with Crippen molar-refractivity contribution in [3.8, 4) is 0 Å². The quantitative estimate of drug-likeness (QED) is 0.658. The number of hydrogen-bond acceptors (Lipinski definition) is 2. The molecule has 0 aliphatic carbocycles. The Bertz CT molecular complexity index is 477. The Morgan fingerprint density at radius 3 is 2.65 bits per heavy atom. The SMILES string of the molecule is CCCCCCNC(=O)Nc1ccc(Br)cc1C(=O)O. The summed E-state index contributed by atoms with van der Waals surface area (Å²) in [6, 6.07) is 4.32. The minimum Gasteiger partial charge on any atom is -0.478 e. The van der Waals surface area contributed by atoms with E-state index < -0.39 is 5.97 Å². The van der Waals surface area contributed by atoms with Crippen LogP contribution in [0.5, 0.6) is 0 Å². The molecule has 0 saturated carbocycles. The molecule has 20 heavy (non-hydrogen) atoms. The van der Waals surface area contributed by atoms with Crippen molar-refractivity contribution >= 4 is 33.6 Å². The van der Waals surface area contributed by atoms with Crippen molar-refractivity contribution in [2.45, 2.75) is 32.6 Å². The van der Waals surface area contributed by atoms with Gasteiger partial charge in [-0.05, 0) is 24.6 Å². The second kappa shape index (κ2) is 8.58. The van der Waals surface area contributed by atoms with E-state index in [2.05, 4.69) is 33.5 Å². The molecule has 1 aromatic rings. The minimum atomic E-state index is -1.08. The number of hydrogen-bond donors (Lipinski definition) is 3. The number of aromatic carboxylic acids is 1. The molecular formula is C14H19BrN2O3. The Morgan fingerprint density at radius 2 is 2.00 bits per heavy atom. The van der Waals surface area contributed by atoms with Gasteiger partial charge >= 0.3 is 12.0 Å². The van der Waals surface area contributed by atoms with Gasteiger partial charge in [-0.3, -0.25) is 0 Å². The van der Waals surface area contributed by atoms with E-state index in [0.717, 1.165) is 25.7 Å². The highest BCUT2D eigenvalue weighted by Gasteiger charge is 2.12. The summed E-state index contributed by atoms with van der Waals surface area (Å²) in [7, 11) is 0. The van der Waals surface area contributed by atoms with Crippen LogP contribution >= 0.6 is 15.9 Å². The molecule has 0 spiro atoms. The smallest absolute Gasteiger partial charge is 0.337 e. The highest BCUT2D eigenvalue weighted by atomic mass is 79.9. The number of carboxylic acids is 1. The Balaban J connectivity index is 2.51. The number of carboxylic acid groups (broad SMARTS) is 1.